The van der Waals surface area contributed by atoms with E-state index in [1.807, 2.05) is 11.9 Å². The lowest BCUT2D eigenvalue weighted by atomic mass is 9.82. The van der Waals surface area contributed by atoms with Crippen LogP contribution in [0.25, 0.3) is 22.5 Å². The molecule has 2 saturated heterocycles. The molecule has 9 heteroatoms. The van der Waals surface area contributed by atoms with E-state index in [9.17, 15) is 9.50 Å². The zero-order valence-corrected chi connectivity index (χ0v) is 17.1. The lowest BCUT2D eigenvalue weighted by molar-refractivity contribution is 0.107. The van der Waals surface area contributed by atoms with Crippen molar-refractivity contribution in [2.75, 3.05) is 11.9 Å². The van der Waals surface area contributed by atoms with Crippen molar-refractivity contribution in [3.8, 4) is 28.3 Å². The van der Waals surface area contributed by atoms with Crippen molar-refractivity contribution in [3.05, 3.63) is 42.9 Å². The van der Waals surface area contributed by atoms with Crippen molar-refractivity contribution in [2.45, 2.75) is 50.0 Å². The first-order valence-electron chi connectivity index (χ1n) is 10.5. The molecule has 4 atom stereocenters. The van der Waals surface area contributed by atoms with Gasteiger partial charge in [-0.1, -0.05) is 6.42 Å². The summed E-state index contributed by atoms with van der Waals surface area (Å²) in [7, 11) is 1.84. The number of fused-ring (bicyclic) bond motifs is 2. The van der Waals surface area contributed by atoms with Gasteiger partial charge in [-0.3, -0.25) is 4.98 Å². The van der Waals surface area contributed by atoms with Gasteiger partial charge in [0.25, 0.3) is 0 Å². The number of hydrogen-bond donors (Lipinski definition) is 3. The molecule has 31 heavy (non-hydrogen) atoms. The lowest BCUT2D eigenvalue weighted by Crippen LogP contribution is -2.61. The van der Waals surface area contributed by atoms with Crippen LogP contribution in [0.1, 0.15) is 25.7 Å². The Hall–Kier alpha value is -3.07. The van der Waals surface area contributed by atoms with E-state index in [2.05, 4.69) is 25.3 Å². The highest BCUT2D eigenvalue weighted by atomic mass is 19.1. The molecule has 0 aliphatic carbocycles. The molecule has 2 aromatic heterocycles. The number of aromatic nitrogens is 4. The molecular formula is C22H24F2N6O. The Labute approximate surface area is 178 Å². The molecule has 0 radical (unpaired) electrons. The number of alkyl halides is 1. The number of benzene rings is 1. The summed E-state index contributed by atoms with van der Waals surface area (Å²) in [5, 5.41) is 13.7. The maximum atomic E-state index is 15.0. The maximum absolute atomic E-state index is 15.0. The van der Waals surface area contributed by atoms with Crippen LogP contribution >= 0.6 is 0 Å². The molecule has 162 valence electrons. The van der Waals surface area contributed by atoms with Crippen molar-refractivity contribution in [3.63, 3.8) is 0 Å². The minimum absolute atomic E-state index is 0.107. The Balaban J connectivity index is 1.41. The molecule has 3 N–H and O–H groups in total. The number of nitrogens with zero attached hydrogens (tertiary/aromatic N) is 4. The number of halogens is 2. The predicted octanol–water partition coefficient (Wildman–Crippen LogP) is 3.44. The fourth-order valence-corrected chi connectivity index (χ4v) is 4.74. The number of rotatable bonds is 4. The number of H-pyrrole nitrogens is 1. The normalized spacial score (nSPS) is 25.4. The summed E-state index contributed by atoms with van der Waals surface area (Å²) in [4.78, 5) is 17.5. The Morgan fingerprint density at radius 3 is 2.74 bits per heavy atom. The number of anilines is 1. The Kier molecular flexibility index (Phi) is 5.05. The second-order valence-electron chi connectivity index (χ2n) is 8.33. The fourth-order valence-electron chi connectivity index (χ4n) is 4.74. The van der Waals surface area contributed by atoms with E-state index in [4.69, 9.17) is 0 Å². The van der Waals surface area contributed by atoms with Gasteiger partial charge in [-0.15, -0.1) is 0 Å². The number of imidazole rings is 1. The molecule has 5 rings (SSSR count). The topological polar surface area (TPSA) is 90.0 Å². The summed E-state index contributed by atoms with van der Waals surface area (Å²) in [5.41, 5.74) is 1.52. The van der Waals surface area contributed by atoms with Gasteiger partial charge in [0.05, 0.1) is 42.3 Å². The van der Waals surface area contributed by atoms with Gasteiger partial charge in [-0.25, -0.2) is 18.7 Å². The average Bonchev–Trinajstić information content (AvgIpc) is 3.31. The van der Waals surface area contributed by atoms with Crippen molar-refractivity contribution in [1.82, 2.24) is 25.3 Å². The third-order valence-corrected chi connectivity index (χ3v) is 6.44. The van der Waals surface area contributed by atoms with Crippen LogP contribution in [0.5, 0.6) is 5.75 Å². The van der Waals surface area contributed by atoms with E-state index in [0.29, 0.717) is 28.8 Å². The Morgan fingerprint density at radius 2 is 2.00 bits per heavy atom. The summed E-state index contributed by atoms with van der Waals surface area (Å²) in [5.74, 6) is -0.238. The first-order chi connectivity index (χ1) is 15.0. The smallest absolute Gasteiger partial charge is 0.147 e. The van der Waals surface area contributed by atoms with Crippen molar-refractivity contribution in [1.29, 1.82) is 0 Å². The van der Waals surface area contributed by atoms with E-state index in [1.54, 1.807) is 6.20 Å². The molecule has 1 aromatic carbocycles. The van der Waals surface area contributed by atoms with Crippen LogP contribution in [0, 0.1) is 5.82 Å². The first-order valence-corrected chi connectivity index (χ1v) is 10.5. The molecule has 2 aliphatic heterocycles. The molecule has 0 saturated carbocycles. The van der Waals surface area contributed by atoms with Gasteiger partial charge in [0.15, 0.2) is 0 Å². The van der Waals surface area contributed by atoms with Crippen LogP contribution in [0.2, 0.25) is 0 Å². The predicted molar refractivity (Wildman–Crippen MR) is 113 cm³/mol. The highest BCUT2D eigenvalue weighted by molar-refractivity contribution is 5.74. The molecule has 2 unspecified atom stereocenters. The van der Waals surface area contributed by atoms with E-state index in [-0.39, 0.29) is 23.4 Å². The second kappa shape index (κ2) is 7.88. The molecule has 3 aromatic rings. The molecule has 4 heterocycles. The number of phenolic OH excluding ortho intramolecular Hbond substituents is 1. The zero-order chi connectivity index (χ0) is 21.5. The van der Waals surface area contributed by atoms with Crippen LogP contribution in [0.15, 0.2) is 37.1 Å². The molecule has 2 fully saturated rings. The highest BCUT2D eigenvalue weighted by Crippen LogP contribution is 2.35. The first kappa shape index (κ1) is 19.9. The number of aromatic hydroxyl groups is 1. The third kappa shape index (κ3) is 3.63. The number of hydrogen-bond acceptors (Lipinski definition) is 6. The zero-order valence-electron chi connectivity index (χ0n) is 17.1. The molecule has 0 spiro atoms. The van der Waals surface area contributed by atoms with E-state index < -0.39 is 12.0 Å². The Morgan fingerprint density at radius 1 is 1.13 bits per heavy atom. The largest absolute Gasteiger partial charge is 0.507 e. The van der Waals surface area contributed by atoms with Gasteiger partial charge in [-0.05, 0) is 25.3 Å². The summed E-state index contributed by atoms with van der Waals surface area (Å²) in [6.07, 6.45) is 8.79. The SMILES string of the molecule is CN(c1cnc(-c2cc(-c3cnc[nH]3)c(F)cc2O)cn1)[C@H]1CC2CCCC(N2)[C@H]1F. The second-order valence-corrected chi connectivity index (χ2v) is 8.33. The average molecular weight is 426 g/mol. The summed E-state index contributed by atoms with van der Waals surface area (Å²) in [6.45, 7) is 0. The van der Waals surface area contributed by atoms with Gasteiger partial charge in [0.2, 0.25) is 0 Å². The molecule has 7 nitrogen and oxygen atoms in total. The standard InChI is InChI=1S/C22H24F2N6O/c1-30(19-5-12-3-2-4-16(29-12)22(19)24)21-10-26-18(9-27-21)14-6-13(15(23)7-20(14)31)17-8-25-11-28-17/h6-12,16,19,22,29,31H,2-5H2,1H3,(H,25,28)/t12?,16?,19-,22+/m0/s1. The van der Waals surface area contributed by atoms with E-state index in [1.165, 1.54) is 24.8 Å². The summed E-state index contributed by atoms with van der Waals surface area (Å²) >= 11 is 0. The molecule has 2 aliphatic rings. The van der Waals surface area contributed by atoms with Crippen LogP contribution in [-0.4, -0.2) is 56.4 Å². The van der Waals surface area contributed by atoms with Crippen LogP contribution < -0.4 is 10.2 Å². The monoisotopic (exact) mass is 426 g/mol. The van der Waals surface area contributed by atoms with Gasteiger partial charge in [-0.2, -0.15) is 0 Å². The van der Waals surface area contributed by atoms with Crippen molar-refractivity contribution >= 4 is 5.82 Å². The molecule has 0 amide bonds. The number of phenols is 1. The van der Waals surface area contributed by atoms with Gasteiger partial charge in [0, 0.05) is 36.3 Å². The lowest BCUT2D eigenvalue weighted by Gasteiger charge is -2.46. The number of aromatic amines is 1. The van der Waals surface area contributed by atoms with Gasteiger partial charge in [0.1, 0.15) is 23.6 Å². The van der Waals surface area contributed by atoms with Gasteiger partial charge >= 0.3 is 0 Å². The van der Waals surface area contributed by atoms with Gasteiger partial charge < -0.3 is 20.3 Å². The molecular weight excluding hydrogens is 402 g/mol. The third-order valence-electron chi connectivity index (χ3n) is 6.44. The Bertz CT molecular complexity index is 1060. The van der Waals surface area contributed by atoms with E-state index in [0.717, 1.165) is 31.7 Å². The van der Waals surface area contributed by atoms with Crippen LogP contribution in [0.4, 0.5) is 14.6 Å². The summed E-state index contributed by atoms with van der Waals surface area (Å²) in [6, 6.07) is 2.53. The fraction of sp³-hybridized carbons (Fsp3) is 0.409. The number of piperidine rings is 2. The van der Waals surface area contributed by atoms with Crippen LogP contribution in [-0.2, 0) is 0 Å². The highest BCUT2D eigenvalue weighted by Gasteiger charge is 2.41. The van der Waals surface area contributed by atoms with Crippen molar-refractivity contribution in [2.24, 2.45) is 0 Å². The van der Waals surface area contributed by atoms with E-state index >= 15 is 4.39 Å². The minimum Gasteiger partial charge on any atom is -0.507 e. The van der Waals surface area contributed by atoms with Crippen LogP contribution in [0.3, 0.4) is 0 Å². The molecule has 2 bridgehead atoms. The van der Waals surface area contributed by atoms with Crippen molar-refractivity contribution < 1.29 is 13.9 Å². The number of nitrogens with one attached hydrogen (secondary N) is 2. The quantitative estimate of drug-likeness (QED) is 0.592. The minimum atomic E-state index is -0.971. The maximum Gasteiger partial charge on any atom is 0.147 e. The summed E-state index contributed by atoms with van der Waals surface area (Å²) < 4.78 is 29.4.